The van der Waals surface area contributed by atoms with E-state index in [1.54, 1.807) is 12.1 Å². The summed E-state index contributed by atoms with van der Waals surface area (Å²) in [7, 11) is 0. The fourth-order valence-corrected chi connectivity index (χ4v) is 1.46. The van der Waals surface area contributed by atoms with E-state index in [2.05, 4.69) is 5.32 Å². The van der Waals surface area contributed by atoms with E-state index < -0.39 is 11.7 Å². The van der Waals surface area contributed by atoms with Crippen molar-refractivity contribution in [3.05, 3.63) is 35.9 Å². The molecular weight excluding hydrogens is 270 g/mol. The Morgan fingerprint density at radius 2 is 1.81 bits per heavy atom. The fraction of sp³-hybridized carbons (Fsp3) is 0.375. The van der Waals surface area contributed by atoms with E-state index in [0.717, 1.165) is 5.56 Å². The SMILES string of the molecule is CC(=O)Oc1ccc(C=CCNC(=O)OC(C)(C)C)cc1. The second-order valence-corrected chi connectivity index (χ2v) is 5.45. The molecule has 0 aliphatic heterocycles. The van der Waals surface area contributed by atoms with Gasteiger partial charge in [0.1, 0.15) is 11.4 Å². The highest BCUT2D eigenvalue weighted by atomic mass is 16.6. The topological polar surface area (TPSA) is 64.6 Å². The lowest BCUT2D eigenvalue weighted by Crippen LogP contribution is -2.32. The number of carbonyl (C=O) groups excluding carboxylic acids is 2. The maximum absolute atomic E-state index is 11.4. The Labute approximate surface area is 124 Å². The Bertz CT molecular complexity index is 512. The van der Waals surface area contributed by atoms with Gasteiger partial charge in [-0.1, -0.05) is 24.3 Å². The molecule has 21 heavy (non-hydrogen) atoms. The van der Waals surface area contributed by atoms with Gasteiger partial charge in [0, 0.05) is 13.5 Å². The van der Waals surface area contributed by atoms with Gasteiger partial charge in [-0.3, -0.25) is 4.79 Å². The highest BCUT2D eigenvalue weighted by Gasteiger charge is 2.14. The van der Waals surface area contributed by atoms with Crippen molar-refractivity contribution in [1.29, 1.82) is 0 Å². The Hall–Kier alpha value is -2.30. The zero-order valence-corrected chi connectivity index (χ0v) is 12.8. The number of rotatable bonds is 4. The molecule has 0 fully saturated rings. The number of alkyl carbamates (subject to hydrolysis) is 1. The zero-order chi connectivity index (χ0) is 15.9. The van der Waals surface area contributed by atoms with Crippen LogP contribution >= 0.6 is 0 Å². The van der Waals surface area contributed by atoms with E-state index in [4.69, 9.17) is 9.47 Å². The summed E-state index contributed by atoms with van der Waals surface area (Å²) >= 11 is 0. The van der Waals surface area contributed by atoms with E-state index in [1.165, 1.54) is 6.92 Å². The van der Waals surface area contributed by atoms with Crippen LogP contribution in [0.5, 0.6) is 5.75 Å². The van der Waals surface area contributed by atoms with Crippen molar-refractivity contribution < 1.29 is 19.1 Å². The smallest absolute Gasteiger partial charge is 0.407 e. The van der Waals surface area contributed by atoms with Crippen LogP contribution in [0.1, 0.15) is 33.3 Å². The first kappa shape index (κ1) is 16.8. The molecule has 1 N–H and O–H groups in total. The number of benzene rings is 1. The number of carbonyl (C=O) groups is 2. The quantitative estimate of drug-likeness (QED) is 0.683. The standard InChI is InChI=1S/C16H21NO4/c1-12(18)20-14-9-7-13(8-10-14)6-5-11-17-15(19)21-16(2,3)4/h5-10H,11H2,1-4H3,(H,17,19). The molecule has 0 unspecified atom stereocenters. The molecule has 0 saturated carbocycles. The van der Waals surface area contributed by atoms with Crippen LogP contribution in [-0.4, -0.2) is 24.2 Å². The average molecular weight is 291 g/mol. The first-order valence-corrected chi connectivity index (χ1v) is 6.68. The monoisotopic (exact) mass is 291 g/mol. The molecule has 0 aliphatic carbocycles. The van der Waals surface area contributed by atoms with Crippen molar-refractivity contribution in [1.82, 2.24) is 5.32 Å². The molecule has 5 nitrogen and oxygen atoms in total. The highest BCUT2D eigenvalue weighted by molar-refractivity contribution is 5.69. The summed E-state index contributed by atoms with van der Waals surface area (Å²) in [6, 6.07) is 7.06. The number of hydrogen-bond donors (Lipinski definition) is 1. The van der Waals surface area contributed by atoms with E-state index in [1.807, 2.05) is 45.1 Å². The Morgan fingerprint density at radius 3 is 2.33 bits per heavy atom. The third-order valence-electron chi connectivity index (χ3n) is 2.22. The third-order valence-corrected chi connectivity index (χ3v) is 2.22. The number of hydrogen-bond acceptors (Lipinski definition) is 4. The van der Waals surface area contributed by atoms with Crippen molar-refractivity contribution in [2.45, 2.75) is 33.3 Å². The van der Waals surface area contributed by atoms with Gasteiger partial charge in [0.2, 0.25) is 0 Å². The lowest BCUT2D eigenvalue weighted by atomic mass is 10.2. The molecular formula is C16H21NO4. The van der Waals surface area contributed by atoms with Crippen molar-refractivity contribution in [3.8, 4) is 5.75 Å². The van der Waals surface area contributed by atoms with Crippen LogP contribution in [0.15, 0.2) is 30.3 Å². The van der Waals surface area contributed by atoms with Crippen LogP contribution < -0.4 is 10.1 Å². The summed E-state index contributed by atoms with van der Waals surface area (Å²) in [6.45, 7) is 7.17. The molecule has 0 spiro atoms. The van der Waals surface area contributed by atoms with Crippen LogP contribution in [0.3, 0.4) is 0 Å². The van der Waals surface area contributed by atoms with Gasteiger partial charge in [-0.05, 0) is 38.5 Å². The minimum absolute atomic E-state index is 0.347. The minimum atomic E-state index is -0.500. The second-order valence-electron chi connectivity index (χ2n) is 5.45. The van der Waals surface area contributed by atoms with Crippen LogP contribution in [0, 0.1) is 0 Å². The van der Waals surface area contributed by atoms with Crippen LogP contribution in [0.2, 0.25) is 0 Å². The van der Waals surface area contributed by atoms with E-state index in [9.17, 15) is 9.59 Å². The molecule has 1 rings (SSSR count). The van der Waals surface area contributed by atoms with E-state index in [-0.39, 0.29) is 5.97 Å². The molecule has 0 aromatic heterocycles. The maximum atomic E-state index is 11.4. The molecule has 0 saturated heterocycles. The largest absolute Gasteiger partial charge is 0.444 e. The molecule has 0 radical (unpaired) electrons. The summed E-state index contributed by atoms with van der Waals surface area (Å²) in [5.41, 5.74) is 0.442. The molecule has 5 heteroatoms. The first-order valence-electron chi connectivity index (χ1n) is 6.68. The maximum Gasteiger partial charge on any atom is 0.407 e. The predicted molar refractivity (Wildman–Crippen MR) is 81.0 cm³/mol. The Morgan fingerprint density at radius 1 is 1.19 bits per heavy atom. The van der Waals surface area contributed by atoms with Crippen LogP contribution in [-0.2, 0) is 9.53 Å². The van der Waals surface area contributed by atoms with Crippen LogP contribution in [0.4, 0.5) is 4.79 Å². The number of amides is 1. The average Bonchev–Trinajstić information content (AvgIpc) is 2.34. The van der Waals surface area contributed by atoms with Crippen LogP contribution in [0.25, 0.3) is 6.08 Å². The first-order chi connectivity index (χ1) is 9.76. The highest BCUT2D eigenvalue weighted by Crippen LogP contribution is 2.13. The van der Waals surface area contributed by atoms with Crippen molar-refractivity contribution >= 4 is 18.1 Å². The van der Waals surface area contributed by atoms with Gasteiger partial charge < -0.3 is 14.8 Å². The lowest BCUT2D eigenvalue weighted by molar-refractivity contribution is -0.131. The van der Waals surface area contributed by atoms with Gasteiger partial charge in [-0.25, -0.2) is 4.79 Å². The predicted octanol–water partition coefficient (Wildman–Crippen LogP) is 3.15. The van der Waals surface area contributed by atoms with E-state index in [0.29, 0.717) is 12.3 Å². The van der Waals surface area contributed by atoms with Crippen molar-refractivity contribution in [3.63, 3.8) is 0 Å². The third kappa shape index (κ3) is 7.77. The summed E-state index contributed by atoms with van der Waals surface area (Å²) in [6.07, 6.45) is 3.22. The van der Waals surface area contributed by atoms with Gasteiger partial charge in [0.25, 0.3) is 0 Å². The Balaban J connectivity index is 2.40. The number of nitrogens with one attached hydrogen (secondary N) is 1. The zero-order valence-electron chi connectivity index (χ0n) is 12.8. The van der Waals surface area contributed by atoms with Crippen molar-refractivity contribution in [2.24, 2.45) is 0 Å². The molecule has 114 valence electrons. The van der Waals surface area contributed by atoms with E-state index >= 15 is 0 Å². The minimum Gasteiger partial charge on any atom is -0.444 e. The summed E-state index contributed by atoms with van der Waals surface area (Å²) in [4.78, 5) is 22.2. The van der Waals surface area contributed by atoms with Gasteiger partial charge in [-0.15, -0.1) is 0 Å². The van der Waals surface area contributed by atoms with Gasteiger partial charge >= 0.3 is 12.1 Å². The molecule has 0 aliphatic rings. The molecule has 0 atom stereocenters. The molecule has 1 amide bonds. The number of esters is 1. The molecule has 1 aromatic carbocycles. The molecule has 0 heterocycles. The Kier molecular flexibility index (Phi) is 5.96. The van der Waals surface area contributed by atoms with Gasteiger partial charge in [0.15, 0.2) is 0 Å². The second kappa shape index (κ2) is 7.47. The fourth-order valence-electron chi connectivity index (χ4n) is 1.46. The van der Waals surface area contributed by atoms with Crippen molar-refractivity contribution in [2.75, 3.05) is 6.54 Å². The van der Waals surface area contributed by atoms with Gasteiger partial charge in [0.05, 0.1) is 0 Å². The molecule has 0 bridgehead atoms. The normalized spacial score (nSPS) is 11.2. The molecule has 1 aromatic rings. The summed E-state index contributed by atoms with van der Waals surface area (Å²) in [5.74, 6) is 0.159. The summed E-state index contributed by atoms with van der Waals surface area (Å²) in [5, 5.41) is 2.63. The number of ether oxygens (including phenoxy) is 2. The summed E-state index contributed by atoms with van der Waals surface area (Å²) < 4.78 is 10.0. The van der Waals surface area contributed by atoms with Gasteiger partial charge in [-0.2, -0.15) is 0 Å². The lowest BCUT2D eigenvalue weighted by Gasteiger charge is -2.19.